The van der Waals surface area contributed by atoms with Crippen LogP contribution in [0.15, 0.2) is 24.3 Å². The monoisotopic (exact) mass is 344 g/mol. The molecule has 1 saturated heterocycles. The van der Waals surface area contributed by atoms with E-state index < -0.39 is 17.7 Å². The van der Waals surface area contributed by atoms with Gasteiger partial charge in [0.25, 0.3) is 0 Å². The van der Waals surface area contributed by atoms with Crippen LogP contribution in [0.2, 0.25) is 0 Å². The highest BCUT2D eigenvalue weighted by Gasteiger charge is 2.36. The van der Waals surface area contributed by atoms with E-state index >= 15 is 0 Å². The van der Waals surface area contributed by atoms with E-state index in [4.69, 9.17) is 4.74 Å². The molecule has 2 rings (SSSR count). The molecule has 24 heavy (non-hydrogen) atoms. The highest BCUT2D eigenvalue weighted by Crippen LogP contribution is 2.33. The lowest BCUT2D eigenvalue weighted by atomic mass is 10.1. The number of methoxy groups -OCH3 is 1. The molecule has 1 fully saturated rings. The van der Waals surface area contributed by atoms with E-state index in [2.05, 4.69) is 5.32 Å². The molecule has 0 saturated carbocycles. The van der Waals surface area contributed by atoms with Gasteiger partial charge >= 0.3 is 6.18 Å². The van der Waals surface area contributed by atoms with E-state index in [1.165, 1.54) is 17.0 Å². The van der Waals surface area contributed by atoms with Gasteiger partial charge in [-0.05, 0) is 24.6 Å². The lowest BCUT2D eigenvalue weighted by Crippen LogP contribution is -2.33. The molecule has 8 heteroatoms. The molecule has 1 aliphatic rings. The van der Waals surface area contributed by atoms with Crippen molar-refractivity contribution >= 4 is 17.5 Å². The summed E-state index contributed by atoms with van der Waals surface area (Å²) in [6.07, 6.45) is -3.83. The van der Waals surface area contributed by atoms with Crippen LogP contribution in [0, 0.1) is 5.92 Å². The minimum Gasteiger partial charge on any atom is -0.385 e. The second kappa shape index (κ2) is 7.65. The molecule has 1 aliphatic heterocycles. The Morgan fingerprint density at radius 2 is 2.17 bits per heavy atom. The highest BCUT2D eigenvalue weighted by molar-refractivity contribution is 6.00. The molecule has 1 atom stereocenters. The van der Waals surface area contributed by atoms with E-state index in [0.717, 1.165) is 12.1 Å². The number of nitrogens with zero attached hydrogens (tertiary/aromatic N) is 1. The molecule has 132 valence electrons. The van der Waals surface area contributed by atoms with Gasteiger partial charge in [0.1, 0.15) is 0 Å². The third-order valence-corrected chi connectivity index (χ3v) is 3.81. The minimum absolute atomic E-state index is 0.00758. The number of halogens is 3. The number of alkyl halides is 3. The zero-order chi connectivity index (χ0) is 17.7. The number of benzene rings is 1. The van der Waals surface area contributed by atoms with Crippen molar-refractivity contribution in [1.82, 2.24) is 5.32 Å². The van der Waals surface area contributed by atoms with Gasteiger partial charge in [-0.15, -0.1) is 0 Å². The van der Waals surface area contributed by atoms with Crippen molar-refractivity contribution in [2.45, 2.75) is 19.0 Å². The Morgan fingerprint density at radius 1 is 1.42 bits per heavy atom. The van der Waals surface area contributed by atoms with Crippen molar-refractivity contribution in [3.05, 3.63) is 29.8 Å². The summed E-state index contributed by atoms with van der Waals surface area (Å²) in [7, 11) is 1.56. The molecule has 0 aliphatic carbocycles. The molecule has 0 aromatic heterocycles. The largest absolute Gasteiger partial charge is 0.416 e. The third kappa shape index (κ3) is 4.47. The number of anilines is 1. The number of amides is 2. The number of carbonyl (C=O) groups excluding carboxylic acids is 2. The predicted molar refractivity (Wildman–Crippen MR) is 81.4 cm³/mol. The molecule has 0 unspecified atom stereocenters. The maximum atomic E-state index is 12.8. The molecule has 0 spiro atoms. The first-order valence-corrected chi connectivity index (χ1v) is 7.57. The second-order valence-electron chi connectivity index (χ2n) is 5.59. The van der Waals surface area contributed by atoms with Gasteiger partial charge in [-0.3, -0.25) is 9.59 Å². The van der Waals surface area contributed by atoms with Crippen LogP contribution in [0.25, 0.3) is 0 Å². The summed E-state index contributed by atoms with van der Waals surface area (Å²) in [6, 6.07) is 4.57. The van der Waals surface area contributed by atoms with Gasteiger partial charge in [0.15, 0.2) is 0 Å². The predicted octanol–water partition coefficient (Wildman–Crippen LogP) is 2.21. The van der Waals surface area contributed by atoms with E-state index in [1.807, 2.05) is 0 Å². The Kier molecular flexibility index (Phi) is 5.82. The molecular formula is C16H19F3N2O3. The molecule has 1 aromatic carbocycles. The molecule has 2 amide bonds. The summed E-state index contributed by atoms with van der Waals surface area (Å²) >= 11 is 0. The van der Waals surface area contributed by atoms with Crippen molar-refractivity contribution in [1.29, 1.82) is 0 Å². The fourth-order valence-corrected chi connectivity index (χ4v) is 2.56. The molecular weight excluding hydrogens is 325 g/mol. The average molecular weight is 344 g/mol. The first kappa shape index (κ1) is 18.3. The number of nitrogens with one attached hydrogen (secondary N) is 1. The van der Waals surface area contributed by atoms with Crippen molar-refractivity contribution < 1.29 is 27.5 Å². The van der Waals surface area contributed by atoms with E-state index in [0.29, 0.717) is 19.6 Å². The zero-order valence-electron chi connectivity index (χ0n) is 13.2. The topological polar surface area (TPSA) is 58.6 Å². The zero-order valence-corrected chi connectivity index (χ0v) is 13.2. The molecule has 0 bridgehead atoms. The second-order valence-corrected chi connectivity index (χ2v) is 5.59. The first-order chi connectivity index (χ1) is 11.3. The van der Waals surface area contributed by atoms with Crippen LogP contribution in [0.4, 0.5) is 18.9 Å². The van der Waals surface area contributed by atoms with Crippen molar-refractivity contribution in [2.24, 2.45) is 5.92 Å². The van der Waals surface area contributed by atoms with E-state index in [9.17, 15) is 22.8 Å². The van der Waals surface area contributed by atoms with Gasteiger partial charge in [0.05, 0.1) is 11.5 Å². The Hall–Kier alpha value is -2.09. The Labute approximate surface area is 137 Å². The fourth-order valence-electron chi connectivity index (χ4n) is 2.56. The molecule has 1 heterocycles. The van der Waals surface area contributed by atoms with Gasteiger partial charge in [0, 0.05) is 38.9 Å². The van der Waals surface area contributed by atoms with Crippen LogP contribution in [-0.2, 0) is 20.5 Å². The van der Waals surface area contributed by atoms with Crippen LogP contribution in [0.1, 0.15) is 18.4 Å². The first-order valence-electron chi connectivity index (χ1n) is 7.57. The Bertz CT molecular complexity index is 604. The maximum Gasteiger partial charge on any atom is 0.416 e. The van der Waals surface area contributed by atoms with Crippen LogP contribution in [0.5, 0.6) is 0 Å². The number of carbonyl (C=O) groups is 2. The van der Waals surface area contributed by atoms with Crippen LogP contribution >= 0.6 is 0 Å². The smallest absolute Gasteiger partial charge is 0.385 e. The number of ether oxygens (including phenoxy) is 1. The Balaban J connectivity index is 2.01. The van der Waals surface area contributed by atoms with Crippen LogP contribution in [-0.4, -0.2) is 38.6 Å². The van der Waals surface area contributed by atoms with Gasteiger partial charge in [-0.2, -0.15) is 13.2 Å². The van der Waals surface area contributed by atoms with Crippen LogP contribution < -0.4 is 10.2 Å². The summed E-state index contributed by atoms with van der Waals surface area (Å²) in [6.45, 7) is 1.03. The molecule has 1 aromatic rings. The summed E-state index contributed by atoms with van der Waals surface area (Å²) in [5.74, 6) is -1.19. The fraction of sp³-hybridized carbons (Fsp3) is 0.500. The van der Waals surface area contributed by atoms with Gasteiger partial charge < -0.3 is 15.0 Å². The number of rotatable bonds is 6. The quantitative estimate of drug-likeness (QED) is 0.805. The lowest BCUT2D eigenvalue weighted by Gasteiger charge is -2.18. The lowest BCUT2D eigenvalue weighted by molar-refractivity contribution is -0.137. The maximum absolute atomic E-state index is 12.8. The van der Waals surface area contributed by atoms with E-state index in [-0.39, 0.29) is 30.5 Å². The van der Waals surface area contributed by atoms with Gasteiger partial charge in [0.2, 0.25) is 11.8 Å². The van der Waals surface area contributed by atoms with Gasteiger partial charge in [-0.1, -0.05) is 6.07 Å². The standard InChI is InChI=1S/C16H19F3N2O3/c1-24-7-3-6-20-15(23)11-8-14(22)21(10-11)13-5-2-4-12(9-13)16(17,18)19/h2,4-5,9,11H,3,6-8,10H2,1H3,(H,20,23)/t11-/m1/s1. The Morgan fingerprint density at radius 3 is 2.83 bits per heavy atom. The number of hydrogen-bond acceptors (Lipinski definition) is 3. The molecule has 0 radical (unpaired) electrons. The summed E-state index contributed by atoms with van der Waals surface area (Å²) in [5.41, 5.74) is -0.662. The van der Waals surface area contributed by atoms with Crippen molar-refractivity contribution in [2.75, 3.05) is 31.7 Å². The van der Waals surface area contributed by atoms with E-state index in [1.54, 1.807) is 7.11 Å². The normalized spacial score (nSPS) is 18.1. The third-order valence-electron chi connectivity index (χ3n) is 3.81. The number of hydrogen-bond donors (Lipinski definition) is 1. The van der Waals surface area contributed by atoms with Crippen molar-refractivity contribution in [3.8, 4) is 0 Å². The molecule has 1 N–H and O–H groups in total. The van der Waals surface area contributed by atoms with Gasteiger partial charge in [-0.25, -0.2) is 0 Å². The SMILES string of the molecule is COCCCNC(=O)[C@@H]1CC(=O)N(c2cccc(C(F)(F)F)c2)C1. The summed E-state index contributed by atoms with van der Waals surface area (Å²) in [4.78, 5) is 25.3. The highest BCUT2D eigenvalue weighted by atomic mass is 19.4. The summed E-state index contributed by atoms with van der Waals surface area (Å²) in [5, 5.41) is 2.71. The minimum atomic E-state index is -4.48. The molecule has 5 nitrogen and oxygen atoms in total. The summed E-state index contributed by atoms with van der Waals surface area (Å²) < 4.78 is 43.2. The van der Waals surface area contributed by atoms with Crippen LogP contribution in [0.3, 0.4) is 0 Å². The van der Waals surface area contributed by atoms with Crippen molar-refractivity contribution in [3.63, 3.8) is 0 Å². The average Bonchev–Trinajstić information content (AvgIpc) is 2.93.